The number of rotatable bonds is 8. The van der Waals surface area contributed by atoms with Gasteiger partial charge >= 0.3 is 0 Å². The molecule has 1 atom stereocenters. The van der Waals surface area contributed by atoms with Crippen molar-refractivity contribution in [2.24, 2.45) is 0 Å². The highest BCUT2D eigenvalue weighted by Crippen LogP contribution is 2.22. The summed E-state index contributed by atoms with van der Waals surface area (Å²) in [5.74, 6) is 1.19. The lowest BCUT2D eigenvalue weighted by atomic mass is 10.1. The molecule has 1 amide bonds. The Morgan fingerprint density at radius 1 is 1.03 bits per heavy atom. The summed E-state index contributed by atoms with van der Waals surface area (Å²) in [4.78, 5) is 25.3. The first-order chi connectivity index (χ1) is 16.0. The number of aromatic nitrogens is 2. The molecule has 33 heavy (non-hydrogen) atoms. The van der Waals surface area contributed by atoms with Gasteiger partial charge in [0.15, 0.2) is 0 Å². The predicted octanol–water partition coefficient (Wildman–Crippen LogP) is 3.42. The van der Waals surface area contributed by atoms with Gasteiger partial charge in [0, 0.05) is 43.2 Å². The summed E-state index contributed by atoms with van der Waals surface area (Å²) in [5, 5.41) is 16.7. The van der Waals surface area contributed by atoms with Gasteiger partial charge in [0.25, 0.3) is 0 Å². The van der Waals surface area contributed by atoms with E-state index in [4.69, 9.17) is 0 Å². The molecule has 0 radical (unpaired) electrons. The first-order valence-corrected chi connectivity index (χ1v) is 11.2. The standard InChI is InChI=1S/C25H30N6O2/c1-18(2)30-14-15-31(24(33)17-30)21-10-8-20(9-11-21)28-25-26-13-12-23(29-25)27-16-22(32)19-6-4-3-5-7-19/h3-13,18,22,32H,14-17H2,1-2H3,(H2,26,27,28,29). The number of anilines is 4. The monoisotopic (exact) mass is 446 g/mol. The number of piperazine rings is 1. The molecule has 0 bridgehead atoms. The molecule has 8 heteroatoms. The van der Waals surface area contributed by atoms with Crippen molar-refractivity contribution in [2.45, 2.75) is 26.0 Å². The number of carbonyl (C=O) groups is 1. The molecule has 0 spiro atoms. The van der Waals surface area contributed by atoms with Crippen molar-refractivity contribution >= 4 is 29.0 Å². The molecule has 0 saturated carbocycles. The van der Waals surface area contributed by atoms with Gasteiger partial charge in [0.1, 0.15) is 5.82 Å². The maximum absolute atomic E-state index is 12.5. The topological polar surface area (TPSA) is 93.6 Å². The summed E-state index contributed by atoms with van der Waals surface area (Å²) >= 11 is 0. The second-order valence-electron chi connectivity index (χ2n) is 8.35. The van der Waals surface area contributed by atoms with Crippen molar-refractivity contribution in [3.05, 3.63) is 72.4 Å². The Hall–Kier alpha value is -3.49. The lowest BCUT2D eigenvalue weighted by molar-refractivity contribution is -0.121. The van der Waals surface area contributed by atoms with Gasteiger partial charge in [-0.05, 0) is 49.7 Å². The van der Waals surface area contributed by atoms with E-state index in [1.807, 2.05) is 59.5 Å². The molecule has 1 fully saturated rings. The number of nitrogens with one attached hydrogen (secondary N) is 2. The SMILES string of the molecule is CC(C)N1CCN(c2ccc(Nc3nccc(NCC(O)c4ccccc4)n3)cc2)C(=O)C1. The molecule has 1 aliphatic heterocycles. The van der Waals surface area contributed by atoms with E-state index in [9.17, 15) is 9.90 Å². The van der Waals surface area contributed by atoms with E-state index in [0.717, 1.165) is 23.5 Å². The number of carbonyl (C=O) groups excluding carboxylic acids is 1. The van der Waals surface area contributed by atoms with Crippen LogP contribution in [0.1, 0.15) is 25.5 Å². The van der Waals surface area contributed by atoms with Gasteiger partial charge in [0.2, 0.25) is 11.9 Å². The van der Waals surface area contributed by atoms with Crippen LogP contribution in [0.2, 0.25) is 0 Å². The Balaban J connectivity index is 1.34. The third-order valence-electron chi connectivity index (χ3n) is 5.73. The van der Waals surface area contributed by atoms with Crippen LogP contribution >= 0.6 is 0 Å². The molecule has 3 N–H and O–H groups in total. The molecule has 1 aromatic heterocycles. The largest absolute Gasteiger partial charge is 0.387 e. The highest BCUT2D eigenvalue weighted by Gasteiger charge is 2.26. The van der Waals surface area contributed by atoms with E-state index in [1.165, 1.54) is 0 Å². The van der Waals surface area contributed by atoms with E-state index in [2.05, 4.69) is 39.3 Å². The predicted molar refractivity (Wildman–Crippen MR) is 131 cm³/mol. The Kier molecular flexibility index (Phi) is 7.16. The van der Waals surface area contributed by atoms with E-state index in [1.54, 1.807) is 12.3 Å². The van der Waals surface area contributed by atoms with Gasteiger partial charge in [-0.25, -0.2) is 4.98 Å². The minimum Gasteiger partial charge on any atom is -0.387 e. The summed E-state index contributed by atoms with van der Waals surface area (Å²) in [6.07, 6.45) is 1.03. The number of amides is 1. The molecular formula is C25H30N6O2. The Morgan fingerprint density at radius 3 is 2.48 bits per heavy atom. The second kappa shape index (κ2) is 10.4. The molecule has 172 valence electrons. The molecule has 2 aromatic carbocycles. The summed E-state index contributed by atoms with van der Waals surface area (Å²) in [7, 11) is 0. The number of aliphatic hydroxyl groups excluding tert-OH is 1. The average molecular weight is 447 g/mol. The quantitative estimate of drug-likeness (QED) is 0.488. The molecule has 8 nitrogen and oxygen atoms in total. The average Bonchev–Trinajstić information content (AvgIpc) is 2.84. The van der Waals surface area contributed by atoms with E-state index >= 15 is 0 Å². The van der Waals surface area contributed by atoms with Crippen molar-refractivity contribution in [1.82, 2.24) is 14.9 Å². The Labute approximate surface area is 194 Å². The fourth-order valence-corrected chi connectivity index (χ4v) is 3.77. The van der Waals surface area contributed by atoms with Crippen LogP contribution in [0.5, 0.6) is 0 Å². The number of nitrogens with zero attached hydrogens (tertiary/aromatic N) is 4. The summed E-state index contributed by atoms with van der Waals surface area (Å²) < 4.78 is 0. The number of aliphatic hydroxyl groups is 1. The zero-order valence-electron chi connectivity index (χ0n) is 19.0. The van der Waals surface area contributed by atoms with Crippen molar-refractivity contribution in [1.29, 1.82) is 0 Å². The fourth-order valence-electron chi connectivity index (χ4n) is 3.77. The minimum absolute atomic E-state index is 0.121. The highest BCUT2D eigenvalue weighted by molar-refractivity contribution is 5.95. The van der Waals surface area contributed by atoms with Crippen LogP contribution in [0.15, 0.2) is 66.9 Å². The second-order valence-corrected chi connectivity index (χ2v) is 8.35. The first-order valence-electron chi connectivity index (χ1n) is 11.2. The smallest absolute Gasteiger partial charge is 0.241 e. The van der Waals surface area contributed by atoms with Crippen LogP contribution in [-0.4, -0.2) is 58.1 Å². The summed E-state index contributed by atoms with van der Waals surface area (Å²) in [6.45, 7) is 6.58. The summed E-state index contributed by atoms with van der Waals surface area (Å²) in [6, 6.07) is 19.3. The van der Waals surface area contributed by atoms with Gasteiger partial charge in [-0.2, -0.15) is 4.98 Å². The van der Waals surface area contributed by atoms with Crippen molar-refractivity contribution in [3.63, 3.8) is 0 Å². The molecule has 0 aliphatic carbocycles. The van der Waals surface area contributed by atoms with Gasteiger partial charge in [-0.3, -0.25) is 9.69 Å². The van der Waals surface area contributed by atoms with Gasteiger partial charge in [-0.15, -0.1) is 0 Å². The Morgan fingerprint density at radius 2 is 1.79 bits per heavy atom. The van der Waals surface area contributed by atoms with Crippen molar-refractivity contribution in [2.75, 3.05) is 41.7 Å². The van der Waals surface area contributed by atoms with E-state index in [0.29, 0.717) is 37.4 Å². The lowest BCUT2D eigenvalue weighted by Gasteiger charge is -2.36. The van der Waals surface area contributed by atoms with Crippen molar-refractivity contribution in [3.8, 4) is 0 Å². The van der Waals surface area contributed by atoms with E-state index in [-0.39, 0.29) is 5.91 Å². The third-order valence-corrected chi connectivity index (χ3v) is 5.73. The van der Waals surface area contributed by atoms with Crippen LogP contribution in [0, 0.1) is 0 Å². The van der Waals surface area contributed by atoms with Crippen LogP contribution in [0.4, 0.5) is 23.1 Å². The molecule has 2 heterocycles. The molecule has 4 rings (SSSR count). The number of hydrogen-bond donors (Lipinski definition) is 3. The Bertz CT molecular complexity index is 1060. The zero-order valence-corrected chi connectivity index (χ0v) is 19.0. The lowest BCUT2D eigenvalue weighted by Crippen LogP contribution is -2.52. The molecule has 3 aromatic rings. The van der Waals surface area contributed by atoms with Gasteiger partial charge in [-0.1, -0.05) is 30.3 Å². The molecular weight excluding hydrogens is 416 g/mol. The summed E-state index contributed by atoms with van der Waals surface area (Å²) in [5.41, 5.74) is 2.57. The van der Waals surface area contributed by atoms with Crippen LogP contribution in [-0.2, 0) is 4.79 Å². The molecule has 1 saturated heterocycles. The maximum atomic E-state index is 12.5. The third kappa shape index (κ3) is 5.85. The van der Waals surface area contributed by atoms with Gasteiger partial charge < -0.3 is 20.6 Å². The molecule has 1 aliphatic rings. The van der Waals surface area contributed by atoms with Gasteiger partial charge in [0.05, 0.1) is 12.6 Å². The van der Waals surface area contributed by atoms with Crippen LogP contribution < -0.4 is 15.5 Å². The van der Waals surface area contributed by atoms with Crippen LogP contribution in [0.3, 0.4) is 0 Å². The number of hydrogen-bond acceptors (Lipinski definition) is 7. The first kappa shape index (κ1) is 22.7. The normalized spacial score (nSPS) is 15.5. The highest BCUT2D eigenvalue weighted by atomic mass is 16.3. The molecule has 1 unspecified atom stereocenters. The number of benzene rings is 2. The van der Waals surface area contributed by atoms with Crippen LogP contribution in [0.25, 0.3) is 0 Å². The minimum atomic E-state index is -0.629. The zero-order chi connectivity index (χ0) is 23.2. The van der Waals surface area contributed by atoms with Crippen molar-refractivity contribution < 1.29 is 9.90 Å². The maximum Gasteiger partial charge on any atom is 0.241 e. The van der Waals surface area contributed by atoms with E-state index < -0.39 is 6.10 Å². The fraction of sp³-hybridized carbons (Fsp3) is 0.320.